The molecule has 0 radical (unpaired) electrons. The second-order valence-electron chi connectivity index (χ2n) is 9.81. The zero-order valence-electron chi connectivity index (χ0n) is 17.6. The van der Waals surface area contributed by atoms with Gasteiger partial charge in [0.15, 0.2) is 0 Å². The van der Waals surface area contributed by atoms with E-state index in [1.165, 1.54) is 5.57 Å². The lowest BCUT2D eigenvalue weighted by Crippen LogP contribution is -2.51. The van der Waals surface area contributed by atoms with Gasteiger partial charge in [-0.3, -0.25) is 0 Å². The van der Waals surface area contributed by atoms with Crippen molar-refractivity contribution in [2.75, 3.05) is 7.11 Å². The number of methoxy groups -OCH3 is 1. The van der Waals surface area contributed by atoms with Gasteiger partial charge in [0.2, 0.25) is 5.83 Å². The molecule has 0 unspecified atom stereocenters. The first-order valence-corrected chi connectivity index (χ1v) is 10.9. The van der Waals surface area contributed by atoms with Crippen molar-refractivity contribution in [3.05, 3.63) is 34.9 Å². The summed E-state index contributed by atoms with van der Waals surface area (Å²) in [7, 11) is 1.76. The van der Waals surface area contributed by atoms with E-state index in [2.05, 4.69) is 32.9 Å². The minimum absolute atomic E-state index is 0.150. The van der Waals surface area contributed by atoms with Gasteiger partial charge in [0.1, 0.15) is 0 Å². The Bertz CT molecular complexity index is 779. The standard InChI is InChI=1S/C24H33FO3/c1-5-14-12-15-13-16(28-4)8-10-23(15,2)18-9-11-24(3)17(20(14)18)6-7-19(24)21(25)22(26)27/h12-14,17-18,20H,5-11H2,1-4H3,(H,26,27)/t14-,17-,18-,20-,23-,24-/m0/s1. The Morgan fingerprint density at radius 3 is 2.57 bits per heavy atom. The Morgan fingerprint density at radius 2 is 1.93 bits per heavy atom. The van der Waals surface area contributed by atoms with Gasteiger partial charge in [-0.15, -0.1) is 0 Å². The fraction of sp³-hybridized carbons (Fsp3) is 0.708. The van der Waals surface area contributed by atoms with Crippen molar-refractivity contribution < 1.29 is 19.0 Å². The summed E-state index contributed by atoms with van der Waals surface area (Å²) in [6.07, 6.45) is 11.4. The number of hydrogen-bond donors (Lipinski definition) is 1. The van der Waals surface area contributed by atoms with E-state index in [9.17, 15) is 14.3 Å². The lowest BCUT2D eigenvalue weighted by Gasteiger charge is -2.58. The molecule has 0 bridgehead atoms. The first-order valence-electron chi connectivity index (χ1n) is 10.9. The zero-order chi connectivity index (χ0) is 20.3. The van der Waals surface area contributed by atoms with Crippen LogP contribution in [0.15, 0.2) is 34.9 Å². The number of fused-ring (bicyclic) bond motifs is 5. The molecule has 28 heavy (non-hydrogen) atoms. The molecule has 154 valence electrons. The molecule has 0 amide bonds. The number of aliphatic carboxylic acids is 1. The number of allylic oxidation sites excluding steroid dienone is 5. The van der Waals surface area contributed by atoms with E-state index >= 15 is 0 Å². The van der Waals surface area contributed by atoms with Gasteiger partial charge in [-0.05, 0) is 90.2 Å². The van der Waals surface area contributed by atoms with Crippen LogP contribution in [0.5, 0.6) is 0 Å². The van der Waals surface area contributed by atoms with Gasteiger partial charge in [0.25, 0.3) is 0 Å². The van der Waals surface area contributed by atoms with Crippen LogP contribution in [-0.4, -0.2) is 18.2 Å². The van der Waals surface area contributed by atoms with Crippen molar-refractivity contribution in [3.8, 4) is 0 Å². The van der Waals surface area contributed by atoms with Crippen LogP contribution in [0.1, 0.15) is 65.7 Å². The summed E-state index contributed by atoms with van der Waals surface area (Å²) in [5.74, 6) is 0.725. The Balaban J connectivity index is 1.78. The highest BCUT2D eigenvalue weighted by Gasteiger charge is 2.59. The summed E-state index contributed by atoms with van der Waals surface area (Å²) in [5, 5.41) is 9.26. The number of rotatable bonds is 3. The first-order chi connectivity index (χ1) is 13.3. The highest BCUT2D eigenvalue weighted by atomic mass is 19.1. The Hall–Kier alpha value is -1.58. The van der Waals surface area contributed by atoms with Crippen molar-refractivity contribution in [1.29, 1.82) is 0 Å². The van der Waals surface area contributed by atoms with Crippen LogP contribution in [0.2, 0.25) is 0 Å². The molecule has 4 aliphatic rings. The normalized spacial score (nSPS) is 43.9. The molecule has 2 fully saturated rings. The fourth-order valence-electron chi connectivity index (χ4n) is 7.31. The summed E-state index contributed by atoms with van der Waals surface area (Å²) in [6, 6.07) is 0. The van der Waals surface area contributed by atoms with Crippen LogP contribution in [-0.2, 0) is 9.53 Å². The first kappa shape index (κ1) is 19.7. The maximum absolute atomic E-state index is 14.5. The van der Waals surface area contributed by atoms with Crippen molar-refractivity contribution in [2.24, 2.45) is 34.5 Å². The minimum atomic E-state index is -1.40. The van der Waals surface area contributed by atoms with Crippen LogP contribution in [0, 0.1) is 34.5 Å². The third-order valence-corrected chi connectivity index (χ3v) is 8.88. The van der Waals surface area contributed by atoms with Gasteiger partial charge in [-0.25, -0.2) is 4.79 Å². The maximum Gasteiger partial charge on any atom is 0.364 e. The average molecular weight is 389 g/mol. The zero-order valence-corrected chi connectivity index (χ0v) is 17.6. The Kier molecular flexibility index (Phi) is 4.75. The molecule has 0 saturated heterocycles. The minimum Gasteiger partial charge on any atom is -0.501 e. The molecule has 4 rings (SSSR count). The predicted molar refractivity (Wildman–Crippen MR) is 107 cm³/mol. The summed E-state index contributed by atoms with van der Waals surface area (Å²) < 4.78 is 20.1. The Morgan fingerprint density at radius 1 is 1.21 bits per heavy atom. The van der Waals surface area contributed by atoms with Crippen LogP contribution in [0.25, 0.3) is 0 Å². The third kappa shape index (κ3) is 2.63. The van der Waals surface area contributed by atoms with Crippen molar-refractivity contribution in [2.45, 2.75) is 65.7 Å². The number of ether oxygens (including phenoxy) is 1. The monoisotopic (exact) mass is 388 g/mol. The summed E-state index contributed by atoms with van der Waals surface area (Å²) in [6.45, 7) is 6.80. The summed E-state index contributed by atoms with van der Waals surface area (Å²) in [4.78, 5) is 11.3. The number of halogens is 1. The molecule has 6 atom stereocenters. The smallest absolute Gasteiger partial charge is 0.364 e. The van der Waals surface area contributed by atoms with Gasteiger partial charge >= 0.3 is 5.97 Å². The molecule has 4 heteroatoms. The number of hydrogen-bond acceptors (Lipinski definition) is 2. The van der Waals surface area contributed by atoms with Crippen LogP contribution >= 0.6 is 0 Å². The summed E-state index contributed by atoms with van der Waals surface area (Å²) >= 11 is 0. The highest BCUT2D eigenvalue weighted by molar-refractivity contribution is 5.85. The van der Waals surface area contributed by atoms with Crippen LogP contribution in [0.3, 0.4) is 0 Å². The fourth-order valence-corrected chi connectivity index (χ4v) is 7.31. The predicted octanol–water partition coefficient (Wildman–Crippen LogP) is 6.03. The molecule has 1 N–H and O–H groups in total. The van der Waals surface area contributed by atoms with E-state index in [0.717, 1.165) is 44.3 Å². The van der Waals surface area contributed by atoms with Crippen molar-refractivity contribution in [1.82, 2.24) is 0 Å². The molecule has 0 aromatic heterocycles. The van der Waals surface area contributed by atoms with Crippen LogP contribution in [0.4, 0.5) is 4.39 Å². The molecule has 2 saturated carbocycles. The van der Waals surface area contributed by atoms with E-state index in [-0.39, 0.29) is 10.8 Å². The van der Waals surface area contributed by atoms with E-state index in [4.69, 9.17) is 4.74 Å². The average Bonchev–Trinajstić information content (AvgIpc) is 3.03. The van der Waals surface area contributed by atoms with Gasteiger partial charge in [0, 0.05) is 6.42 Å². The molecule has 4 aliphatic carbocycles. The van der Waals surface area contributed by atoms with E-state index in [0.29, 0.717) is 35.7 Å². The number of carboxylic acid groups (broad SMARTS) is 1. The quantitative estimate of drug-likeness (QED) is 0.600. The third-order valence-electron chi connectivity index (χ3n) is 8.88. The summed E-state index contributed by atoms with van der Waals surface area (Å²) in [5.41, 5.74) is 1.85. The molecule has 0 aliphatic heterocycles. The van der Waals surface area contributed by atoms with Gasteiger partial charge in [0.05, 0.1) is 12.9 Å². The lowest BCUT2D eigenvalue weighted by molar-refractivity contribution is -0.134. The second-order valence-corrected chi connectivity index (χ2v) is 9.81. The maximum atomic E-state index is 14.5. The Labute approximate surface area is 167 Å². The molecule has 0 aromatic carbocycles. The lowest BCUT2D eigenvalue weighted by atomic mass is 9.46. The van der Waals surface area contributed by atoms with Crippen LogP contribution < -0.4 is 0 Å². The van der Waals surface area contributed by atoms with E-state index < -0.39 is 11.8 Å². The molecule has 3 nitrogen and oxygen atoms in total. The number of carbonyl (C=O) groups is 1. The van der Waals surface area contributed by atoms with Gasteiger partial charge in [-0.2, -0.15) is 4.39 Å². The molecular weight excluding hydrogens is 355 g/mol. The van der Waals surface area contributed by atoms with Crippen molar-refractivity contribution in [3.63, 3.8) is 0 Å². The molecular formula is C24H33FO3. The highest BCUT2D eigenvalue weighted by Crippen LogP contribution is 2.67. The van der Waals surface area contributed by atoms with E-state index in [1.54, 1.807) is 7.11 Å². The molecule has 0 heterocycles. The van der Waals surface area contributed by atoms with Gasteiger partial charge < -0.3 is 9.84 Å². The van der Waals surface area contributed by atoms with Gasteiger partial charge in [-0.1, -0.05) is 26.8 Å². The second kappa shape index (κ2) is 6.74. The number of carboxylic acids is 1. The topological polar surface area (TPSA) is 46.5 Å². The SMILES string of the molecule is CC[C@H]1C=C2C=C(OC)CC[C@]2(C)[C@H]2CC[C@]3(C)C(=C(F)C(=O)O)CC[C@H]3[C@H]12. The van der Waals surface area contributed by atoms with E-state index in [1.807, 2.05) is 0 Å². The molecule has 0 aromatic rings. The molecule has 0 spiro atoms. The largest absolute Gasteiger partial charge is 0.501 e. The van der Waals surface area contributed by atoms with Crippen molar-refractivity contribution >= 4 is 5.97 Å².